The second-order valence-corrected chi connectivity index (χ2v) is 4.87. The van der Waals surface area contributed by atoms with Crippen LogP contribution < -0.4 is 11.1 Å². The van der Waals surface area contributed by atoms with Crippen molar-refractivity contribution in [2.75, 3.05) is 0 Å². The Balaban J connectivity index is 2.76. The molecule has 1 rings (SSSR count). The van der Waals surface area contributed by atoms with Crippen LogP contribution >= 0.6 is 12.2 Å². The molecule has 0 aliphatic heterocycles. The Kier molecular flexibility index (Phi) is 5.35. The third-order valence-corrected chi connectivity index (χ3v) is 3.77. The maximum Gasteiger partial charge on any atom is 0.233 e. The Morgan fingerprint density at radius 3 is 2.58 bits per heavy atom. The van der Waals surface area contributed by atoms with Gasteiger partial charge < -0.3 is 11.1 Å². The average Bonchev–Trinajstić information content (AvgIpc) is 2.38. The van der Waals surface area contributed by atoms with Crippen molar-refractivity contribution in [3.05, 3.63) is 23.8 Å². The molecule has 0 aromatic carbocycles. The lowest BCUT2D eigenvalue weighted by atomic mass is 9.81. The van der Waals surface area contributed by atoms with Crippen molar-refractivity contribution in [3.8, 4) is 0 Å². The average molecular weight is 280 g/mol. The fraction of sp³-hybridized carbons (Fsp3) is 0.538. The van der Waals surface area contributed by atoms with Crippen molar-refractivity contribution in [1.29, 1.82) is 0 Å². The zero-order chi connectivity index (χ0) is 14.5. The molecule has 0 unspecified atom stereocenters. The van der Waals surface area contributed by atoms with Crippen molar-refractivity contribution in [3.63, 3.8) is 0 Å². The molecule has 0 bridgehead atoms. The first-order chi connectivity index (χ1) is 8.96. The molecule has 1 aromatic rings. The Hall–Kier alpha value is -1.56. The summed E-state index contributed by atoms with van der Waals surface area (Å²) in [4.78, 5) is 20.8. The molecule has 6 heteroatoms. The first-order valence-electron chi connectivity index (χ1n) is 6.33. The third kappa shape index (κ3) is 3.47. The number of carbonyl (C=O) groups is 1. The van der Waals surface area contributed by atoms with Crippen molar-refractivity contribution >= 4 is 23.1 Å². The summed E-state index contributed by atoms with van der Waals surface area (Å²) in [6.07, 6.45) is 2.85. The summed E-state index contributed by atoms with van der Waals surface area (Å²) in [6, 6.07) is 1.77. The highest BCUT2D eigenvalue weighted by Gasteiger charge is 2.37. The van der Waals surface area contributed by atoms with Gasteiger partial charge in [0.05, 0.1) is 22.6 Å². The molecule has 0 spiro atoms. The molecule has 1 aromatic heterocycles. The molecule has 0 saturated heterocycles. The molecule has 1 heterocycles. The van der Waals surface area contributed by atoms with Gasteiger partial charge in [0.1, 0.15) is 5.82 Å². The number of amides is 1. The highest BCUT2D eigenvalue weighted by Crippen LogP contribution is 2.27. The summed E-state index contributed by atoms with van der Waals surface area (Å²) in [5, 5.41) is 2.85. The van der Waals surface area contributed by atoms with Gasteiger partial charge in [-0.2, -0.15) is 0 Å². The van der Waals surface area contributed by atoms with Crippen molar-refractivity contribution in [1.82, 2.24) is 15.3 Å². The monoisotopic (exact) mass is 280 g/mol. The quantitative estimate of drug-likeness (QED) is 0.772. The fourth-order valence-electron chi connectivity index (χ4n) is 1.98. The van der Waals surface area contributed by atoms with Crippen molar-refractivity contribution in [2.45, 2.75) is 40.2 Å². The van der Waals surface area contributed by atoms with Gasteiger partial charge in [-0.25, -0.2) is 9.97 Å². The lowest BCUT2D eigenvalue weighted by molar-refractivity contribution is -0.128. The minimum atomic E-state index is -0.766. The number of nitrogens with one attached hydrogen (secondary N) is 1. The van der Waals surface area contributed by atoms with Gasteiger partial charge in [0.2, 0.25) is 5.91 Å². The molecule has 3 N–H and O–H groups in total. The molecule has 0 aliphatic carbocycles. The smallest absolute Gasteiger partial charge is 0.233 e. The molecular weight excluding hydrogens is 260 g/mol. The number of hydrogen-bond donors (Lipinski definition) is 2. The highest BCUT2D eigenvalue weighted by molar-refractivity contribution is 7.80. The number of aromatic nitrogens is 2. The van der Waals surface area contributed by atoms with Crippen LogP contribution in [-0.4, -0.2) is 20.9 Å². The number of rotatable bonds is 6. The van der Waals surface area contributed by atoms with Crippen LogP contribution in [0.15, 0.2) is 12.3 Å². The van der Waals surface area contributed by atoms with E-state index >= 15 is 0 Å². The standard InChI is InChI=1S/C13H20N4OS/c1-4-13(5-2,11(14)19)12(18)16-8-10-6-7-15-9(3)17-10/h6-7H,4-5,8H2,1-3H3,(H2,14,19)(H,16,18). The van der Waals surface area contributed by atoms with E-state index in [9.17, 15) is 4.79 Å². The van der Waals surface area contributed by atoms with Crippen LogP contribution in [0.5, 0.6) is 0 Å². The normalized spacial score (nSPS) is 11.1. The Labute approximate surface area is 119 Å². The zero-order valence-electron chi connectivity index (χ0n) is 11.6. The van der Waals surface area contributed by atoms with E-state index in [2.05, 4.69) is 15.3 Å². The van der Waals surface area contributed by atoms with Gasteiger partial charge in [0, 0.05) is 6.20 Å². The predicted octanol–water partition coefficient (Wildman–Crippen LogP) is 1.49. The Bertz CT molecular complexity index is 471. The summed E-state index contributed by atoms with van der Waals surface area (Å²) >= 11 is 5.05. The molecule has 5 nitrogen and oxygen atoms in total. The SMILES string of the molecule is CCC(CC)(C(=O)NCc1ccnc(C)n1)C(N)=S. The highest BCUT2D eigenvalue weighted by atomic mass is 32.1. The van der Waals surface area contributed by atoms with Crippen LogP contribution in [0.25, 0.3) is 0 Å². The van der Waals surface area contributed by atoms with E-state index in [-0.39, 0.29) is 10.9 Å². The molecule has 0 saturated carbocycles. The van der Waals surface area contributed by atoms with Gasteiger partial charge in [0.25, 0.3) is 0 Å². The van der Waals surface area contributed by atoms with Crippen LogP contribution in [0.1, 0.15) is 38.2 Å². The first-order valence-corrected chi connectivity index (χ1v) is 6.73. The summed E-state index contributed by atoms with van der Waals surface area (Å²) in [5.74, 6) is 0.541. The first kappa shape index (κ1) is 15.5. The van der Waals surface area contributed by atoms with Crippen LogP contribution in [0.2, 0.25) is 0 Å². The number of thiocarbonyl (C=S) groups is 1. The lowest BCUT2D eigenvalue weighted by Crippen LogP contribution is -2.48. The van der Waals surface area contributed by atoms with E-state index in [0.29, 0.717) is 25.2 Å². The van der Waals surface area contributed by atoms with Crippen LogP contribution in [0, 0.1) is 12.3 Å². The molecule has 19 heavy (non-hydrogen) atoms. The summed E-state index contributed by atoms with van der Waals surface area (Å²) in [6.45, 7) is 5.99. The van der Waals surface area contributed by atoms with E-state index in [4.69, 9.17) is 18.0 Å². The van der Waals surface area contributed by atoms with E-state index in [1.54, 1.807) is 12.3 Å². The molecule has 0 radical (unpaired) electrons. The Morgan fingerprint density at radius 2 is 2.11 bits per heavy atom. The maximum atomic E-state index is 12.3. The van der Waals surface area contributed by atoms with E-state index in [1.807, 2.05) is 20.8 Å². The van der Waals surface area contributed by atoms with Gasteiger partial charge >= 0.3 is 0 Å². The zero-order valence-corrected chi connectivity index (χ0v) is 12.4. The molecule has 104 valence electrons. The number of carbonyl (C=O) groups excluding carboxylic acids is 1. The number of nitrogens with two attached hydrogens (primary N) is 1. The summed E-state index contributed by atoms with van der Waals surface area (Å²) in [5.41, 5.74) is 5.73. The minimum absolute atomic E-state index is 0.138. The van der Waals surface area contributed by atoms with Gasteiger partial charge in [-0.3, -0.25) is 4.79 Å². The van der Waals surface area contributed by atoms with Crippen molar-refractivity contribution in [2.24, 2.45) is 11.1 Å². The lowest BCUT2D eigenvalue weighted by Gasteiger charge is -2.28. The molecular formula is C13H20N4OS. The van der Waals surface area contributed by atoms with Crippen molar-refractivity contribution < 1.29 is 4.79 Å². The fourth-order valence-corrected chi connectivity index (χ4v) is 2.36. The number of hydrogen-bond acceptors (Lipinski definition) is 4. The van der Waals surface area contributed by atoms with E-state index in [0.717, 1.165) is 5.69 Å². The number of nitrogens with zero attached hydrogens (tertiary/aromatic N) is 2. The second kappa shape index (κ2) is 6.56. The van der Waals surface area contributed by atoms with E-state index < -0.39 is 5.41 Å². The molecule has 0 fully saturated rings. The largest absolute Gasteiger partial charge is 0.392 e. The van der Waals surface area contributed by atoms with Gasteiger partial charge in [0.15, 0.2) is 0 Å². The predicted molar refractivity (Wildman–Crippen MR) is 78.4 cm³/mol. The van der Waals surface area contributed by atoms with Gasteiger partial charge in [-0.1, -0.05) is 26.1 Å². The Morgan fingerprint density at radius 1 is 1.47 bits per heavy atom. The van der Waals surface area contributed by atoms with Crippen LogP contribution in [-0.2, 0) is 11.3 Å². The molecule has 0 atom stereocenters. The molecule has 0 aliphatic rings. The maximum absolute atomic E-state index is 12.3. The number of aryl methyl sites for hydroxylation is 1. The second-order valence-electron chi connectivity index (χ2n) is 4.43. The molecule has 1 amide bonds. The van der Waals surface area contributed by atoms with Crippen LogP contribution in [0.4, 0.5) is 0 Å². The minimum Gasteiger partial charge on any atom is -0.392 e. The third-order valence-electron chi connectivity index (χ3n) is 3.38. The van der Waals surface area contributed by atoms with E-state index in [1.165, 1.54) is 0 Å². The summed E-state index contributed by atoms with van der Waals surface area (Å²) in [7, 11) is 0. The van der Waals surface area contributed by atoms with Crippen LogP contribution in [0.3, 0.4) is 0 Å². The van der Waals surface area contributed by atoms with Gasteiger partial charge in [-0.15, -0.1) is 0 Å². The summed E-state index contributed by atoms with van der Waals surface area (Å²) < 4.78 is 0. The topological polar surface area (TPSA) is 80.9 Å². The van der Waals surface area contributed by atoms with Gasteiger partial charge in [-0.05, 0) is 25.8 Å².